The van der Waals surface area contributed by atoms with Crippen LogP contribution in [0.1, 0.15) is 33.1 Å². The quantitative estimate of drug-likeness (QED) is 0.630. The van der Waals surface area contributed by atoms with Crippen molar-refractivity contribution >= 4 is 5.71 Å². The van der Waals surface area contributed by atoms with Crippen LogP contribution in [-0.2, 0) is 4.84 Å². The van der Waals surface area contributed by atoms with Crippen molar-refractivity contribution in [1.29, 1.82) is 0 Å². The molecule has 80 valence electrons. The Morgan fingerprint density at radius 1 is 1.50 bits per heavy atom. The highest BCUT2D eigenvalue weighted by atomic mass is 16.6. The summed E-state index contributed by atoms with van der Waals surface area (Å²) in [4.78, 5) is 7.47. The number of oxime groups is 1. The van der Waals surface area contributed by atoms with Crippen molar-refractivity contribution in [2.45, 2.75) is 38.6 Å². The van der Waals surface area contributed by atoms with Crippen LogP contribution in [0.15, 0.2) is 5.16 Å². The first kappa shape index (κ1) is 9.97. The number of fused-ring (bicyclic) bond motifs is 1. The normalized spacial score (nSPS) is 35.6. The van der Waals surface area contributed by atoms with E-state index in [-0.39, 0.29) is 0 Å². The smallest absolute Gasteiger partial charge is 0.106 e. The second kappa shape index (κ2) is 3.54. The monoisotopic (exact) mass is 196 g/mol. The molecule has 0 aliphatic carbocycles. The second-order valence-electron chi connectivity index (χ2n) is 4.80. The maximum atomic E-state index is 4.88. The maximum Gasteiger partial charge on any atom is 0.106 e. The highest BCUT2D eigenvalue weighted by Crippen LogP contribution is 2.42. The standard InChI is InChI=1S/C11H20N2O/c1-9(2)11-5-4-6-13(11)8-10(7-11)12-14-3/h9H,4-8H2,1-3H3/b12-10-. The summed E-state index contributed by atoms with van der Waals surface area (Å²) in [6.45, 7) is 6.91. The molecule has 0 bridgehead atoms. The lowest BCUT2D eigenvalue weighted by Crippen LogP contribution is -2.42. The molecule has 3 heteroatoms. The third-order valence-electron chi connectivity index (χ3n) is 3.85. The predicted molar refractivity (Wildman–Crippen MR) is 57.4 cm³/mol. The fourth-order valence-electron chi connectivity index (χ4n) is 3.07. The van der Waals surface area contributed by atoms with Crippen molar-refractivity contribution in [3.8, 4) is 0 Å². The average Bonchev–Trinajstić information content (AvgIpc) is 2.60. The Balaban J connectivity index is 2.19. The molecule has 3 nitrogen and oxygen atoms in total. The number of nitrogens with zero attached hydrogens (tertiary/aromatic N) is 2. The molecule has 0 saturated carbocycles. The van der Waals surface area contributed by atoms with Crippen LogP contribution >= 0.6 is 0 Å². The van der Waals surface area contributed by atoms with E-state index in [4.69, 9.17) is 4.84 Å². The van der Waals surface area contributed by atoms with Crippen molar-refractivity contribution in [3.05, 3.63) is 0 Å². The lowest BCUT2D eigenvalue weighted by molar-refractivity contribution is 0.136. The zero-order valence-corrected chi connectivity index (χ0v) is 9.42. The molecule has 2 saturated heterocycles. The number of hydrogen-bond donors (Lipinski definition) is 0. The number of hydrogen-bond acceptors (Lipinski definition) is 3. The summed E-state index contributed by atoms with van der Waals surface area (Å²) < 4.78 is 0. The third-order valence-corrected chi connectivity index (χ3v) is 3.85. The van der Waals surface area contributed by atoms with E-state index in [0.29, 0.717) is 5.54 Å². The molecule has 1 unspecified atom stereocenters. The molecular weight excluding hydrogens is 176 g/mol. The predicted octanol–water partition coefficient (Wildman–Crippen LogP) is 1.88. The molecule has 0 spiro atoms. The molecule has 14 heavy (non-hydrogen) atoms. The minimum absolute atomic E-state index is 0.400. The molecule has 2 heterocycles. The lowest BCUT2D eigenvalue weighted by Gasteiger charge is -2.35. The Morgan fingerprint density at radius 2 is 2.29 bits per heavy atom. The largest absolute Gasteiger partial charge is 0.399 e. The molecule has 0 radical (unpaired) electrons. The van der Waals surface area contributed by atoms with Crippen molar-refractivity contribution < 1.29 is 4.84 Å². The van der Waals surface area contributed by atoms with E-state index in [2.05, 4.69) is 23.9 Å². The molecule has 0 aromatic rings. The summed E-state index contributed by atoms with van der Waals surface area (Å²) in [6.07, 6.45) is 3.78. The van der Waals surface area contributed by atoms with Crippen LogP contribution in [0.3, 0.4) is 0 Å². The Morgan fingerprint density at radius 3 is 2.86 bits per heavy atom. The van der Waals surface area contributed by atoms with Crippen LogP contribution in [-0.4, -0.2) is 36.3 Å². The van der Waals surface area contributed by atoms with Gasteiger partial charge in [-0.15, -0.1) is 0 Å². The van der Waals surface area contributed by atoms with Gasteiger partial charge in [-0.3, -0.25) is 4.90 Å². The SMILES string of the molecule is CO/N=C1\CN2CCCC2(C(C)C)C1. The van der Waals surface area contributed by atoms with Crippen molar-refractivity contribution in [1.82, 2.24) is 4.90 Å². The molecule has 1 atom stereocenters. The van der Waals surface area contributed by atoms with Crippen molar-refractivity contribution in [2.24, 2.45) is 11.1 Å². The minimum atomic E-state index is 0.400. The van der Waals surface area contributed by atoms with E-state index >= 15 is 0 Å². The maximum absolute atomic E-state index is 4.88. The van der Waals surface area contributed by atoms with Gasteiger partial charge in [0.1, 0.15) is 7.11 Å². The first-order valence-corrected chi connectivity index (χ1v) is 5.53. The minimum Gasteiger partial charge on any atom is -0.399 e. The van der Waals surface area contributed by atoms with Gasteiger partial charge in [0, 0.05) is 18.5 Å². The molecule has 0 N–H and O–H groups in total. The Labute approximate surface area is 86.1 Å². The van der Waals surface area contributed by atoms with E-state index in [0.717, 1.165) is 18.9 Å². The van der Waals surface area contributed by atoms with Gasteiger partial charge >= 0.3 is 0 Å². The molecule has 0 amide bonds. The van der Waals surface area contributed by atoms with E-state index < -0.39 is 0 Å². The van der Waals surface area contributed by atoms with E-state index in [1.807, 2.05) is 0 Å². The summed E-state index contributed by atoms with van der Waals surface area (Å²) in [5.41, 5.74) is 1.62. The van der Waals surface area contributed by atoms with Crippen molar-refractivity contribution in [3.63, 3.8) is 0 Å². The van der Waals surface area contributed by atoms with Gasteiger partial charge in [0.25, 0.3) is 0 Å². The van der Waals surface area contributed by atoms with Gasteiger partial charge < -0.3 is 4.84 Å². The molecule has 2 aliphatic heterocycles. The van der Waals surface area contributed by atoms with Crippen LogP contribution in [0.4, 0.5) is 0 Å². The second-order valence-corrected chi connectivity index (χ2v) is 4.80. The van der Waals surface area contributed by atoms with E-state index in [9.17, 15) is 0 Å². The summed E-state index contributed by atoms with van der Waals surface area (Å²) >= 11 is 0. The van der Waals surface area contributed by atoms with Gasteiger partial charge in [0.2, 0.25) is 0 Å². The van der Waals surface area contributed by atoms with Gasteiger partial charge in [-0.1, -0.05) is 19.0 Å². The average molecular weight is 196 g/mol. The van der Waals surface area contributed by atoms with Gasteiger partial charge in [-0.05, 0) is 25.3 Å². The molecule has 2 rings (SSSR count). The van der Waals surface area contributed by atoms with Gasteiger partial charge in [0.05, 0.1) is 5.71 Å². The highest BCUT2D eigenvalue weighted by Gasteiger charge is 2.49. The molecule has 0 aromatic heterocycles. The highest BCUT2D eigenvalue weighted by molar-refractivity contribution is 5.89. The van der Waals surface area contributed by atoms with Gasteiger partial charge in [0.15, 0.2) is 0 Å². The van der Waals surface area contributed by atoms with Crippen LogP contribution < -0.4 is 0 Å². The third kappa shape index (κ3) is 1.34. The fourth-order valence-corrected chi connectivity index (χ4v) is 3.07. The zero-order valence-electron chi connectivity index (χ0n) is 9.42. The lowest BCUT2D eigenvalue weighted by atomic mass is 9.82. The zero-order chi connectivity index (χ0) is 10.2. The topological polar surface area (TPSA) is 24.8 Å². The Hall–Kier alpha value is -0.570. The van der Waals surface area contributed by atoms with Gasteiger partial charge in [-0.25, -0.2) is 0 Å². The van der Waals surface area contributed by atoms with Crippen LogP contribution in [0.2, 0.25) is 0 Å². The fraction of sp³-hybridized carbons (Fsp3) is 0.909. The molecular formula is C11H20N2O. The number of rotatable bonds is 2. The van der Waals surface area contributed by atoms with Crippen LogP contribution in [0.5, 0.6) is 0 Å². The molecule has 0 aromatic carbocycles. The molecule has 2 aliphatic rings. The van der Waals surface area contributed by atoms with Gasteiger partial charge in [-0.2, -0.15) is 0 Å². The Bertz CT molecular complexity index is 250. The Kier molecular flexibility index (Phi) is 2.52. The van der Waals surface area contributed by atoms with Crippen molar-refractivity contribution in [2.75, 3.05) is 20.2 Å². The summed E-state index contributed by atoms with van der Waals surface area (Å²) in [5, 5.41) is 4.11. The molecule has 2 fully saturated rings. The first-order valence-electron chi connectivity index (χ1n) is 5.53. The van der Waals surface area contributed by atoms with Crippen LogP contribution in [0, 0.1) is 5.92 Å². The van der Waals surface area contributed by atoms with Crippen LogP contribution in [0.25, 0.3) is 0 Å². The van der Waals surface area contributed by atoms with E-state index in [1.165, 1.54) is 25.1 Å². The summed E-state index contributed by atoms with van der Waals surface area (Å²) in [6, 6.07) is 0. The van der Waals surface area contributed by atoms with E-state index in [1.54, 1.807) is 7.11 Å². The summed E-state index contributed by atoms with van der Waals surface area (Å²) in [7, 11) is 1.64. The first-order chi connectivity index (χ1) is 6.69. The summed E-state index contributed by atoms with van der Waals surface area (Å²) in [5.74, 6) is 0.717.